The zero-order chi connectivity index (χ0) is 40.3. The number of piperidine rings is 1. The quantitative estimate of drug-likeness (QED) is 0.0977. The Morgan fingerprint density at radius 1 is 0.895 bits per heavy atom. The number of rotatable bonds is 15. The number of methoxy groups -OCH3 is 2. The van der Waals surface area contributed by atoms with Gasteiger partial charge >= 0.3 is 12.4 Å². The molecule has 10 nitrogen and oxygen atoms in total. The second-order valence-electron chi connectivity index (χ2n) is 14.8. The first-order valence-corrected chi connectivity index (χ1v) is 18.9. The largest absolute Gasteiger partial charge is 0.493 e. The zero-order valence-corrected chi connectivity index (χ0v) is 32.7. The highest BCUT2D eigenvalue weighted by atomic mass is 19.4. The van der Waals surface area contributed by atoms with E-state index >= 15 is 0 Å². The number of amides is 1. The number of carbonyl (C=O) groups excluding carboxylic acids is 1. The maximum atomic E-state index is 14.5. The predicted molar refractivity (Wildman–Crippen MR) is 204 cm³/mol. The molecular weight excluding hydrogens is 756 g/mol. The number of alkyl halides is 6. The second-order valence-corrected chi connectivity index (χ2v) is 14.8. The van der Waals surface area contributed by atoms with Gasteiger partial charge in [-0.15, -0.1) is 0 Å². The molecule has 1 unspecified atom stereocenters. The summed E-state index contributed by atoms with van der Waals surface area (Å²) in [6.07, 6.45) is -8.12. The molecule has 57 heavy (non-hydrogen) atoms. The number of anilines is 1. The van der Waals surface area contributed by atoms with Crippen LogP contribution in [0.15, 0.2) is 54.6 Å². The molecule has 6 rings (SSSR count). The third-order valence-corrected chi connectivity index (χ3v) is 11.0. The van der Waals surface area contributed by atoms with Gasteiger partial charge < -0.3 is 39.4 Å². The molecule has 1 atom stereocenters. The number of hydrogen-bond acceptors (Lipinski definition) is 7. The molecule has 3 heterocycles. The lowest BCUT2D eigenvalue weighted by atomic mass is 9.76. The van der Waals surface area contributed by atoms with E-state index in [1.54, 1.807) is 11.0 Å². The predicted octanol–water partition coefficient (Wildman–Crippen LogP) is 7.54. The Hall–Kier alpha value is -4.54. The van der Waals surface area contributed by atoms with Crippen LogP contribution in [0.5, 0.6) is 11.5 Å². The summed E-state index contributed by atoms with van der Waals surface area (Å²) in [6.45, 7) is 7.95. The van der Waals surface area contributed by atoms with E-state index in [-0.39, 0.29) is 54.9 Å². The highest BCUT2D eigenvalue weighted by Gasteiger charge is 2.47. The number of halogens is 6. The Balaban J connectivity index is 0.00000620. The number of benzene rings is 3. The van der Waals surface area contributed by atoms with E-state index < -0.39 is 28.9 Å². The molecule has 2 aliphatic rings. The number of ether oxygens (including phenoxy) is 3. The fourth-order valence-corrected chi connectivity index (χ4v) is 8.15. The summed E-state index contributed by atoms with van der Waals surface area (Å²) in [6, 6.07) is 13.3. The molecule has 0 radical (unpaired) electrons. The van der Waals surface area contributed by atoms with E-state index in [4.69, 9.17) is 19.2 Å². The first-order valence-electron chi connectivity index (χ1n) is 18.9. The van der Waals surface area contributed by atoms with Crippen LogP contribution < -0.4 is 14.8 Å². The van der Waals surface area contributed by atoms with Crippen LogP contribution in [0.3, 0.4) is 0 Å². The van der Waals surface area contributed by atoms with Crippen molar-refractivity contribution in [1.29, 1.82) is 0 Å². The lowest BCUT2D eigenvalue weighted by molar-refractivity contribution is -0.143. The van der Waals surface area contributed by atoms with Gasteiger partial charge in [0.25, 0.3) is 0 Å². The van der Waals surface area contributed by atoms with E-state index in [1.807, 2.05) is 44.2 Å². The first kappa shape index (κ1) is 43.6. The van der Waals surface area contributed by atoms with Crippen molar-refractivity contribution in [3.63, 3.8) is 0 Å². The standard InChI is InChI=1S/C41H49F6N5O4.H2O/c1-5-56-19-18-52-34-9-7-6-8-33(34)49-38(52)48-32-10-14-50(15-11-32)16-12-39(25-28-21-30(40(42,43)44)24-31(22-28)41(45,46)47)13-17-51(37(39)53)26-29-20-27(2)36(55-4)35(23-29)54-3;/h6-9,20-24,32H,5,10-19,25-26H2,1-4H3,(H,48,49);1H2. The minimum absolute atomic E-state index is 0. The fourth-order valence-electron chi connectivity index (χ4n) is 8.15. The van der Waals surface area contributed by atoms with Gasteiger partial charge in [0.15, 0.2) is 11.5 Å². The molecule has 312 valence electrons. The minimum Gasteiger partial charge on any atom is -0.493 e. The molecule has 0 spiro atoms. The van der Waals surface area contributed by atoms with Gasteiger partial charge in [0.2, 0.25) is 11.9 Å². The molecule has 0 saturated carbocycles. The molecule has 0 bridgehead atoms. The topological polar surface area (TPSA) is 113 Å². The molecule has 1 amide bonds. The van der Waals surface area contributed by atoms with Crippen molar-refractivity contribution in [1.82, 2.24) is 19.4 Å². The molecule has 16 heteroatoms. The van der Waals surface area contributed by atoms with E-state index in [2.05, 4.69) is 14.8 Å². The molecule has 3 aromatic carbocycles. The average molecular weight is 808 g/mol. The minimum atomic E-state index is -4.99. The van der Waals surface area contributed by atoms with Crippen LogP contribution >= 0.6 is 0 Å². The SMILES string of the molecule is CCOCCn1c(NC2CCN(CCC3(Cc4cc(C(F)(F)F)cc(C(F)(F)F)c4)CCN(Cc4cc(C)c(OC)c(OC)c4)C3=O)CC2)nc2ccccc21.O. The van der Waals surface area contributed by atoms with Crippen molar-refractivity contribution in [3.05, 3.63) is 82.4 Å². The third-order valence-electron chi connectivity index (χ3n) is 11.0. The zero-order valence-electron chi connectivity index (χ0n) is 32.7. The maximum absolute atomic E-state index is 14.5. The Morgan fingerprint density at radius 3 is 2.21 bits per heavy atom. The van der Waals surface area contributed by atoms with Gasteiger partial charge in [-0.05, 0) is 106 Å². The van der Waals surface area contributed by atoms with Gasteiger partial charge in [0.05, 0.1) is 48.4 Å². The summed E-state index contributed by atoms with van der Waals surface area (Å²) in [4.78, 5) is 23.2. The van der Waals surface area contributed by atoms with Gasteiger partial charge in [-0.25, -0.2) is 4.98 Å². The number of nitrogens with one attached hydrogen (secondary N) is 1. The lowest BCUT2D eigenvalue weighted by Crippen LogP contribution is -2.43. The van der Waals surface area contributed by atoms with Crippen LogP contribution in [-0.4, -0.2) is 90.4 Å². The highest BCUT2D eigenvalue weighted by Crippen LogP contribution is 2.43. The van der Waals surface area contributed by atoms with Gasteiger partial charge in [-0.3, -0.25) is 4.79 Å². The number of para-hydroxylation sites is 2. The summed E-state index contributed by atoms with van der Waals surface area (Å²) in [5.74, 6) is 1.52. The number of carbonyl (C=O) groups is 1. The summed E-state index contributed by atoms with van der Waals surface area (Å²) >= 11 is 0. The van der Waals surface area contributed by atoms with Gasteiger partial charge in [0, 0.05) is 45.4 Å². The van der Waals surface area contributed by atoms with Crippen LogP contribution in [0.25, 0.3) is 11.0 Å². The molecule has 2 aliphatic heterocycles. The molecule has 2 fully saturated rings. The lowest BCUT2D eigenvalue weighted by Gasteiger charge is -2.36. The molecular formula is C41H51F6N5O5. The van der Waals surface area contributed by atoms with Gasteiger partial charge in [-0.2, -0.15) is 26.3 Å². The van der Waals surface area contributed by atoms with Crippen molar-refractivity contribution < 1.29 is 50.8 Å². The van der Waals surface area contributed by atoms with Crippen LogP contribution in [0.1, 0.15) is 60.4 Å². The number of aryl methyl sites for hydroxylation is 1. The molecule has 3 N–H and O–H groups in total. The van der Waals surface area contributed by atoms with E-state index in [9.17, 15) is 31.1 Å². The van der Waals surface area contributed by atoms with Crippen LogP contribution in [0, 0.1) is 12.3 Å². The number of fused-ring (bicyclic) bond motifs is 1. The smallest absolute Gasteiger partial charge is 0.416 e. The van der Waals surface area contributed by atoms with Gasteiger partial charge in [-0.1, -0.05) is 18.2 Å². The normalized spacial score (nSPS) is 18.3. The number of hydrogen-bond donors (Lipinski definition) is 1. The van der Waals surface area contributed by atoms with Crippen LogP contribution in [0.2, 0.25) is 0 Å². The summed E-state index contributed by atoms with van der Waals surface area (Å²) in [5.41, 5.74) is -0.694. The van der Waals surface area contributed by atoms with Crippen LogP contribution in [-0.2, 0) is 41.4 Å². The third kappa shape index (κ3) is 9.95. The maximum Gasteiger partial charge on any atom is 0.416 e. The van der Waals surface area contributed by atoms with Crippen molar-refractivity contribution in [3.8, 4) is 11.5 Å². The number of aromatic nitrogens is 2. The summed E-state index contributed by atoms with van der Waals surface area (Å²) in [7, 11) is 3.04. The number of likely N-dealkylation sites (tertiary alicyclic amines) is 2. The van der Waals surface area contributed by atoms with Crippen molar-refractivity contribution in [2.45, 2.75) is 77.4 Å². The Labute approximate surface area is 328 Å². The molecule has 4 aromatic rings. The molecule has 2 saturated heterocycles. The summed E-state index contributed by atoms with van der Waals surface area (Å²) < 4.78 is 102. The second kappa shape index (κ2) is 17.9. The summed E-state index contributed by atoms with van der Waals surface area (Å²) in [5, 5.41) is 3.62. The number of nitrogens with zero attached hydrogens (tertiary/aromatic N) is 4. The van der Waals surface area contributed by atoms with Crippen molar-refractivity contribution >= 4 is 22.9 Å². The Morgan fingerprint density at radius 2 is 1.58 bits per heavy atom. The monoisotopic (exact) mass is 807 g/mol. The molecule has 0 aliphatic carbocycles. The first-order chi connectivity index (χ1) is 26.6. The Bertz CT molecular complexity index is 1960. The van der Waals surface area contributed by atoms with Crippen LogP contribution in [0.4, 0.5) is 32.3 Å². The average Bonchev–Trinajstić information content (AvgIpc) is 3.65. The van der Waals surface area contributed by atoms with E-state index in [0.29, 0.717) is 57.4 Å². The number of imidazole rings is 1. The Kier molecular flexibility index (Phi) is 13.7. The van der Waals surface area contributed by atoms with E-state index in [1.165, 1.54) is 14.2 Å². The molecule has 1 aromatic heterocycles. The highest BCUT2D eigenvalue weighted by molar-refractivity contribution is 5.85. The van der Waals surface area contributed by atoms with E-state index in [0.717, 1.165) is 53.1 Å². The van der Waals surface area contributed by atoms with Crippen molar-refractivity contribution in [2.75, 3.05) is 58.9 Å². The fraction of sp³-hybridized carbons (Fsp3) is 0.512. The van der Waals surface area contributed by atoms with Crippen molar-refractivity contribution in [2.24, 2.45) is 5.41 Å². The van der Waals surface area contributed by atoms with Gasteiger partial charge in [0.1, 0.15) is 0 Å².